The van der Waals surface area contributed by atoms with Gasteiger partial charge in [-0.3, -0.25) is 9.59 Å². The van der Waals surface area contributed by atoms with E-state index in [4.69, 9.17) is 4.74 Å². The highest BCUT2D eigenvalue weighted by Gasteiger charge is 2.42. The van der Waals surface area contributed by atoms with E-state index >= 15 is 0 Å². The summed E-state index contributed by atoms with van der Waals surface area (Å²) >= 11 is 0. The average molecular weight is 302 g/mol. The van der Waals surface area contributed by atoms with E-state index in [0.29, 0.717) is 19.7 Å². The van der Waals surface area contributed by atoms with Gasteiger partial charge >= 0.3 is 0 Å². The Morgan fingerprint density at radius 1 is 1.23 bits per heavy atom. The van der Waals surface area contributed by atoms with Gasteiger partial charge in [0.2, 0.25) is 5.91 Å². The standard InChI is InChI=1S/C17H22N2O3/c1-13-4-6-14(7-5-13)19-10-9-18(12-15(19)20)16(21)17(2)8-3-11-22-17/h4-7H,3,8-12H2,1-2H3. The smallest absolute Gasteiger partial charge is 0.255 e. The summed E-state index contributed by atoms with van der Waals surface area (Å²) in [5, 5.41) is 0. The molecule has 1 aromatic rings. The van der Waals surface area contributed by atoms with E-state index in [2.05, 4.69) is 0 Å². The van der Waals surface area contributed by atoms with Crippen LogP contribution in [0.15, 0.2) is 24.3 Å². The number of hydrogen-bond donors (Lipinski definition) is 0. The lowest BCUT2D eigenvalue weighted by atomic mass is 10.0. The Morgan fingerprint density at radius 3 is 2.55 bits per heavy atom. The molecule has 5 nitrogen and oxygen atoms in total. The third kappa shape index (κ3) is 2.73. The van der Waals surface area contributed by atoms with Crippen molar-refractivity contribution < 1.29 is 14.3 Å². The summed E-state index contributed by atoms with van der Waals surface area (Å²) < 4.78 is 5.60. The van der Waals surface area contributed by atoms with Crippen LogP contribution >= 0.6 is 0 Å². The van der Waals surface area contributed by atoms with Crippen molar-refractivity contribution in [3.05, 3.63) is 29.8 Å². The second-order valence-corrected chi connectivity index (χ2v) is 6.29. The van der Waals surface area contributed by atoms with Gasteiger partial charge in [-0.15, -0.1) is 0 Å². The minimum atomic E-state index is -0.744. The number of rotatable bonds is 2. The molecule has 5 heteroatoms. The van der Waals surface area contributed by atoms with E-state index < -0.39 is 5.60 Å². The number of benzene rings is 1. The first-order chi connectivity index (χ1) is 10.5. The molecule has 1 aromatic carbocycles. The van der Waals surface area contributed by atoms with Crippen molar-refractivity contribution in [3.63, 3.8) is 0 Å². The van der Waals surface area contributed by atoms with Crippen LogP contribution in [0.4, 0.5) is 5.69 Å². The van der Waals surface area contributed by atoms with Gasteiger partial charge in [0.25, 0.3) is 5.91 Å². The maximum Gasteiger partial charge on any atom is 0.255 e. The van der Waals surface area contributed by atoms with Crippen LogP contribution in [0.1, 0.15) is 25.3 Å². The van der Waals surface area contributed by atoms with Crippen molar-refractivity contribution >= 4 is 17.5 Å². The number of hydrogen-bond acceptors (Lipinski definition) is 3. The molecule has 1 atom stereocenters. The first-order valence-corrected chi connectivity index (χ1v) is 7.80. The van der Waals surface area contributed by atoms with E-state index in [0.717, 1.165) is 24.1 Å². The summed E-state index contributed by atoms with van der Waals surface area (Å²) in [6.07, 6.45) is 1.64. The molecule has 2 fully saturated rings. The van der Waals surface area contributed by atoms with Gasteiger partial charge in [0.05, 0.1) is 0 Å². The average Bonchev–Trinajstić information content (AvgIpc) is 2.95. The number of ether oxygens (including phenoxy) is 1. The molecule has 0 bridgehead atoms. The summed E-state index contributed by atoms with van der Waals surface area (Å²) in [7, 11) is 0. The largest absolute Gasteiger partial charge is 0.365 e. The summed E-state index contributed by atoms with van der Waals surface area (Å²) in [5.41, 5.74) is 1.31. The lowest BCUT2D eigenvalue weighted by Gasteiger charge is -2.37. The highest BCUT2D eigenvalue weighted by atomic mass is 16.5. The van der Waals surface area contributed by atoms with Gasteiger partial charge in [-0.25, -0.2) is 0 Å². The number of aryl methyl sites for hydroxylation is 1. The van der Waals surface area contributed by atoms with Crippen molar-refractivity contribution in [2.24, 2.45) is 0 Å². The molecule has 2 aliphatic rings. The van der Waals surface area contributed by atoms with Gasteiger partial charge in [-0.2, -0.15) is 0 Å². The van der Waals surface area contributed by atoms with Crippen LogP contribution in [-0.4, -0.2) is 48.6 Å². The van der Waals surface area contributed by atoms with Crippen LogP contribution in [0.3, 0.4) is 0 Å². The molecule has 118 valence electrons. The molecule has 3 rings (SSSR count). The zero-order valence-electron chi connectivity index (χ0n) is 13.2. The monoisotopic (exact) mass is 302 g/mol. The van der Waals surface area contributed by atoms with Crippen LogP contribution in [0, 0.1) is 6.92 Å². The van der Waals surface area contributed by atoms with Crippen molar-refractivity contribution in [1.82, 2.24) is 4.90 Å². The van der Waals surface area contributed by atoms with Crippen LogP contribution in [0.2, 0.25) is 0 Å². The first kappa shape index (κ1) is 15.0. The van der Waals surface area contributed by atoms with Gasteiger partial charge in [0.1, 0.15) is 12.1 Å². The molecule has 0 radical (unpaired) electrons. The quantitative estimate of drug-likeness (QED) is 0.836. The zero-order chi connectivity index (χ0) is 15.7. The number of amides is 2. The maximum absolute atomic E-state index is 12.6. The number of piperazine rings is 1. The maximum atomic E-state index is 12.6. The zero-order valence-corrected chi connectivity index (χ0v) is 13.2. The predicted octanol–water partition coefficient (Wildman–Crippen LogP) is 1.74. The summed E-state index contributed by atoms with van der Waals surface area (Å²) in [6, 6.07) is 7.89. The predicted molar refractivity (Wildman–Crippen MR) is 83.7 cm³/mol. The molecule has 1 unspecified atom stereocenters. The molecule has 2 saturated heterocycles. The third-order valence-corrected chi connectivity index (χ3v) is 4.52. The Kier molecular flexibility index (Phi) is 3.91. The summed E-state index contributed by atoms with van der Waals surface area (Å²) in [4.78, 5) is 28.4. The van der Waals surface area contributed by atoms with Gasteiger partial charge in [0, 0.05) is 25.4 Å². The fraction of sp³-hybridized carbons (Fsp3) is 0.529. The van der Waals surface area contributed by atoms with Gasteiger partial charge in [0.15, 0.2) is 0 Å². The van der Waals surface area contributed by atoms with Gasteiger partial charge in [-0.1, -0.05) is 17.7 Å². The molecule has 2 heterocycles. The Bertz CT molecular complexity index is 576. The van der Waals surface area contributed by atoms with Crippen molar-refractivity contribution in [2.75, 3.05) is 31.1 Å². The van der Waals surface area contributed by atoms with E-state index in [1.807, 2.05) is 38.1 Å². The van der Waals surface area contributed by atoms with Crippen LogP contribution in [0.25, 0.3) is 0 Å². The second-order valence-electron chi connectivity index (χ2n) is 6.29. The molecular formula is C17H22N2O3. The first-order valence-electron chi connectivity index (χ1n) is 7.80. The minimum absolute atomic E-state index is 0.0370. The number of carbonyl (C=O) groups is 2. The lowest BCUT2D eigenvalue weighted by Crippen LogP contribution is -2.57. The normalized spacial score (nSPS) is 25.6. The Morgan fingerprint density at radius 2 is 1.95 bits per heavy atom. The highest BCUT2D eigenvalue weighted by Crippen LogP contribution is 2.28. The Balaban J connectivity index is 1.68. The van der Waals surface area contributed by atoms with E-state index in [1.54, 1.807) is 9.80 Å². The highest BCUT2D eigenvalue weighted by molar-refractivity contribution is 5.99. The van der Waals surface area contributed by atoms with Crippen molar-refractivity contribution in [3.8, 4) is 0 Å². The Labute approximate surface area is 130 Å². The van der Waals surface area contributed by atoms with E-state index in [1.165, 1.54) is 0 Å². The SMILES string of the molecule is Cc1ccc(N2CCN(C(=O)C3(C)CCCO3)CC2=O)cc1. The molecule has 0 aliphatic carbocycles. The molecule has 22 heavy (non-hydrogen) atoms. The molecule has 0 saturated carbocycles. The van der Waals surface area contributed by atoms with E-state index in [-0.39, 0.29) is 18.4 Å². The van der Waals surface area contributed by atoms with Crippen LogP contribution in [0.5, 0.6) is 0 Å². The third-order valence-electron chi connectivity index (χ3n) is 4.52. The fourth-order valence-electron chi connectivity index (χ4n) is 3.13. The second kappa shape index (κ2) is 5.72. The molecule has 0 aromatic heterocycles. The molecule has 2 amide bonds. The van der Waals surface area contributed by atoms with Crippen LogP contribution < -0.4 is 4.90 Å². The number of nitrogens with zero attached hydrogens (tertiary/aromatic N) is 2. The molecule has 0 spiro atoms. The van der Waals surface area contributed by atoms with Crippen molar-refractivity contribution in [2.45, 2.75) is 32.3 Å². The lowest BCUT2D eigenvalue weighted by molar-refractivity contribution is -0.153. The number of anilines is 1. The fourth-order valence-corrected chi connectivity index (χ4v) is 3.13. The van der Waals surface area contributed by atoms with E-state index in [9.17, 15) is 9.59 Å². The van der Waals surface area contributed by atoms with Gasteiger partial charge < -0.3 is 14.5 Å². The van der Waals surface area contributed by atoms with Gasteiger partial charge in [-0.05, 0) is 38.8 Å². The topological polar surface area (TPSA) is 49.9 Å². The minimum Gasteiger partial charge on any atom is -0.365 e. The summed E-state index contributed by atoms with van der Waals surface area (Å²) in [6.45, 7) is 5.69. The molecule has 0 N–H and O–H groups in total. The Hall–Kier alpha value is -1.88. The van der Waals surface area contributed by atoms with Crippen molar-refractivity contribution in [1.29, 1.82) is 0 Å². The van der Waals surface area contributed by atoms with Crippen LogP contribution in [-0.2, 0) is 14.3 Å². The molecule has 2 aliphatic heterocycles. The number of carbonyl (C=O) groups excluding carboxylic acids is 2. The molecular weight excluding hydrogens is 280 g/mol. The summed E-state index contributed by atoms with van der Waals surface area (Å²) in [5.74, 6) is -0.0908.